The summed E-state index contributed by atoms with van der Waals surface area (Å²) in [6.45, 7) is 2.45. The molecule has 0 spiro atoms. The molecule has 1 unspecified atom stereocenters. The van der Waals surface area contributed by atoms with Crippen LogP contribution >= 0.6 is 0 Å². The summed E-state index contributed by atoms with van der Waals surface area (Å²) in [4.78, 5) is 23.8. The molecule has 0 saturated carbocycles. The van der Waals surface area contributed by atoms with Crippen molar-refractivity contribution in [2.45, 2.75) is 25.3 Å². The summed E-state index contributed by atoms with van der Waals surface area (Å²) in [5.41, 5.74) is 0.929. The van der Waals surface area contributed by atoms with E-state index in [1.165, 1.54) is 0 Å². The van der Waals surface area contributed by atoms with E-state index in [1.54, 1.807) is 17.9 Å². The molecule has 2 aromatic rings. The zero-order valence-electron chi connectivity index (χ0n) is 14.7. The highest BCUT2D eigenvalue weighted by molar-refractivity contribution is 5.93. The molecule has 26 heavy (non-hydrogen) atoms. The standard InChI is InChI=1S/C18H21N3O5/c1-12-9-15(20-21(12)13-3-5-14(25-2)6-4-13)17(24)19-18(10-16(22)23)7-8-26-11-18/h3-6,9H,7-8,10-11H2,1-2H3,(H,19,24)(H,22,23). The number of aromatic nitrogens is 2. The third-order valence-corrected chi connectivity index (χ3v) is 4.41. The number of hydrogen-bond donors (Lipinski definition) is 2. The van der Waals surface area contributed by atoms with Crippen LogP contribution < -0.4 is 10.1 Å². The highest BCUT2D eigenvalue weighted by Crippen LogP contribution is 2.24. The second-order valence-corrected chi connectivity index (χ2v) is 6.39. The van der Waals surface area contributed by atoms with Gasteiger partial charge >= 0.3 is 5.97 Å². The minimum absolute atomic E-state index is 0.184. The molecule has 1 amide bonds. The lowest BCUT2D eigenvalue weighted by atomic mass is 9.94. The highest BCUT2D eigenvalue weighted by Gasteiger charge is 2.39. The maximum absolute atomic E-state index is 12.6. The van der Waals surface area contributed by atoms with E-state index in [0.29, 0.717) is 13.0 Å². The van der Waals surface area contributed by atoms with Crippen LogP contribution in [-0.4, -0.2) is 52.6 Å². The third kappa shape index (κ3) is 3.70. The minimum atomic E-state index is -0.976. The summed E-state index contributed by atoms with van der Waals surface area (Å²) < 4.78 is 12.1. The first-order valence-corrected chi connectivity index (χ1v) is 8.26. The Balaban J connectivity index is 1.81. The predicted molar refractivity (Wildman–Crippen MR) is 92.7 cm³/mol. The van der Waals surface area contributed by atoms with Crippen molar-refractivity contribution in [3.05, 3.63) is 41.7 Å². The van der Waals surface area contributed by atoms with Gasteiger partial charge in [-0.05, 0) is 43.7 Å². The van der Waals surface area contributed by atoms with Crippen LogP contribution in [0.1, 0.15) is 29.0 Å². The number of benzene rings is 1. The Morgan fingerprint density at radius 3 is 2.69 bits per heavy atom. The number of carbonyl (C=O) groups is 2. The Labute approximate surface area is 150 Å². The molecule has 1 fully saturated rings. The Morgan fingerprint density at radius 2 is 2.12 bits per heavy atom. The first kappa shape index (κ1) is 17.9. The number of ether oxygens (including phenoxy) is 2. The second kappa shape index (κ2) is 7.17. The number of aliphatic carboxylic acids is 1. The minimum Gasteiger partial charge on any atom is -0.497 e. The van der Waals surface area contributed by atoms with Crippen LogP contribution in [-0.2, 0) is 9.53 Å². The van der Waals surface area contributed by atoms with E-state index in [-0.39, 0.29) is 18.7 Å². The maximum atomic E-state index is 12.6. The molecule has 0 bridgehead atoms. The fourth-order valence-electron chi connectivity index (χ4n) is 3.05. The molecule has 2 N–H and O–H groups in total. The summed E-state index contributed by atoms with van der Waals surface area (Å²) in [5.74, 6) is -0.656. The maximum Gasteiger partial charge on any atom is 0.305 e. The Morgan fingerprint density at radius 1 is 1.38 bits per heavy atom. The number of amides is 1. The average Bonchev–Trinajstić information content (AvgIpc) is 3.21. The van der Waals surface area contributed by atoms with Crippen LogP contribution in [0, 0.1) is 6.92 Å². The first-order chi connectivity index (χ1) is 12.4. The van der Waals surface area contributed by atoms with E-state index < -0.39 is 17.4 Å². The van der Waals surface area contributed by atoms with Crippen molar-refractivity contribution in [2.24, 2.45) is 0 Å². The monoisotopic (exact) mass is 359 g/mol. The van der Waals surface area contributed by atoms with E-state index in [0.717, 1.165) is 17.1 Å². The Kier molecular flexibility index (Phi) is 4.94. The molecule has 2 heterocycles. The lowest BCUT2D eigenvalue weighted by Gasteiger charge is -2.26. The van der Waals surface area contributed by atoms with E-state index in [2.05, 4.69) is 10.4 Å². The highest BCUT2D eigenvalue weighted by atomic mass is 16.5. The Hall–Kier alpha value is -2.87. The molecule has 8 nitrogen and oxygen atoms in total. The largest absolute Gasteiger partial charge is 0.497 e. The van der Waals surface area contributed by atoms with Crippen molar-refractivity contribution >= 4 is 11.9 Å². The average molecular weight is 359 g/mol. The molecule has 1 aliphatic heterocycles. The molecule has 8 heteroatoms. The van der Waals surface area contributed by atoms with Gasteiger partial charge in [-0.3, -0.25) is 9.59 Å². The van der Waals surface area contributed by atoms with Crippen molar-refractivity contribution in [3.63, 3.8) is 0 Å². The van der Waals surface area contributed by atoms with E-state index in [4.69, 9.17) is 14.6 Å². The van der Waals surface area contributed by atoms with Gasteiger partial charge in [0.15, 0.2) is 5.69 Å². The normalized spacial score (nSPS) is 19.3. The summed E-state index contributed by atoms with van der Waals surface area (Å²) in [6.07, 6.45) is 0.278. The van der Waals surface area contributed by atoms with Crippen molar-refractivity contribution in [2.75, 3.05) is 20.3 Å². The van der Waals surface area contributed by atoms with E-state index in [9.17, 15) is 9.59 Å². The van der Waals surface area contributed by atoms with Crippen LogP contribution in [0.3, 0.4) is 0 Å². The fraction of sp³-hybridized carbons (Fsp3) is 0.389. The van der Waals surface area contributed by atoms with Crippen LogP contribution in [0.2, 0.25) is 0 Å². The number of hydrogen-bond acceptors (Lipinski definition) is 5. The number of nitrogens with one attached hydrogen (secondary N) is 1. The van der Waals surface area contributed by atoms with Gasteiger partial charge in [-0.15, -0.1) is 0 Å². The molecule has 138 valence electrons. The SMILES string of the molecule is COc1ccc(-n2nc(C(=O)NC3(CC(=O)O)CCOC3)cc2C)cc1. The molecule has 1 atom stereocenters. The van der Waals surface area contributed by atoms with Crippen molar-refractivity contribution < 1.29 is 24.2 Å². The summed E-state index contributed by atoms with van der Waals surface area (Å²) in [7, 11) is 1.59. The van der Waals surface area contributed by atoms with Crippen molar-refractivity contribution in [1.29, 1.82) is 0 Å². The summed E-state index contributed by atoms with van der Waals surface area (Å²) >= 11 is 0. The number of methoxy groups -OCH3 is 1. The van der Waals surface area contributed by atoms with Gasteiger partial charge < -0.3 is 19.9 Å². The molecule has 0 radical (unpaired) electrons. The number of carboxylic acids is 1. The van der Waals surface area contributed by atoms with Gasteiger partial charge in [0.25, 0.3) is 5.91 Å². The molecular weight excluding hydrogens is 338 g/mol. The zero-order chi connectivity index (χ0) is 18.7. The van der Waals surface area contributed by atoms with E-state index >= 15 is 0 Å². The van der Waals surface area contributed by atoms with Gasteiger partial charge in [0.1, 0.15) is 5.75 Å². The number of aryl methyl sites for hydroxylation is 1. The van der Waals surface area contributed by atoms with Gasteiger partial charge in [0.2, 0.25) is 0 Å². The number of nitrogens with zero attached hydrogens (tertiary/aromatic N) is 2. The third-order valence-electron chi connectivity index (χ3n) is 4.41. The second-order valence-electron chi connectivity index (χ2n) is 6.39. The fourth-order valence-corrected chi connectivity index (χ4v) is 3.05. The molecule has 1 aromatic carbocycles. The molecule has 1 aromatic heterocycles. The number of carbonyl (C=O) groups excluding carboxylic acids is 1. The molecule has 0 aliphatic carbocycles. The lowest BCUT2D eigenvalue weighted by molar-refractivity contribution is -0.138. The van der Waals surface area contributed by atoms with Gasteiger partial charge in [0, 0.05) is 12.3 Å². The number of carboxylic acid groups (broad SMARTS) is 1. The first-order valence-electron chi connectivity index (χ1n) is 8.26. The molecule has 1 saturated heterocycles. The summed E-state index contributed by atoms with van der Waals surface area (Å²) in [5, 5.41) is 16.3. The van der Waals surface area contributed by atoms with Crippen LogP contribution in [0.5, 0.6) is 5.75 Å². The molecule has 3 rings (SSSR count). The molecular formula is C18H21N3O5. The predicted octanol–water partition coefficient (Wildman–Crippen LogP) is 1.55. The van der Waals surface area contributed by atoms with Gasteiger partial charge in [-0.25, -0.2) is 4.68 Å². The number of rotatable bonds is 6. The lowest BCUT2D eigenvalue weighted by Crippen LogP contribution is -2.50. The van der Waals surface area contributed by atoms with Crippen LogP contribution in [0.4, 0.5) is 0 Å². The van der Waals surface area contributed by atoms with Gasteiger partial charge in [0.05, 0.1) is 31.4 Å². The summed E-state index contributed by atoms with van der Waals surface area (Å²) in [6, 6.07) is 8.99. The van der Waals surface area contributed by atoms with Crippen molar-refractivity contribution in [1.82, 2.24) is 15.1 Å². The van der Waals surface area contributed by atoms with Crippen LogP contribution in [0.15, 0.2) is 30.3 Å². The van der Waals surface area contributed by atoms with Crippen LogP contribution in [0.25, 0.3) is 5.69 Å². The van der Waals surface area contributed by atoms with Gasteiger partial charge in [-0.2, -0.15) is 5.10 Å². The topological polar surface area (TPSA) is 103 Å². The Bertz CT molecular complexity index is 807. The van der Waals surface area contributed by atoms with Crippen molar-refractivity contribution in [3.8, 4) is 11.4 Å². The van der Waals surface area contributed by atoms with E-state index in [1.807, 2.05) is 31.2 Å². The molecule has 1 aliphatic rings. The quantitative estimate of drug-likeness (QED) is 0.811. The zero-order valence-corrected chi connectivity index (χ0v) is 14.7. The van der Waals surface area contributed by atoms with Gasteiger partial charge in [-0.1, -0.05) is 0 Å². The smallest absolute Gasteiger partial charge is 0.305 e.